The first-order chi connectivity index (χ1) is 12.4. The van der Waals surface area contributed by atoms with E-state index in [9.17, 15) is 9.59 Å². The number of methoxy groups -OCH3 is 2. The van der Waals surface area contributed by atoms with Gasteiger partial charge in [-0.05, 0) is 19.1 Å². The van der Waals surface area contributed by atoms with Gasteiger partial charge in [0.05, 0.1) is 16.5 Å². The molecule has 0 aliphatic rings. The Morgan fingerprint density at radius 3 is 2.38 bits per heavy atom. The molecular formula is C16H17Cl2N3O5. The number of nitrogens with one attached hydrogen (secondary N) is 2. The molecule has 0 bridgehead atoms. The number of halogens is 2. The highest BCUT2D eigenvalue weighted by atomic mass is 35.5. The van der Waals surface area contributed by atoms with Gasteiger partial charge in [0, 0.05) is 19.8 Å². The molecule has 2 amide bonds. The Morgan fingerprint density at radius 1 is 1.19 bits per heavy atom. The van der Waals surface area contributed by atoms with E-state index < -0.39 is 18.1 Å². The maximum atomic E-state index is 12.5. The third kappa shape index (κ3) is 4.53. The number of nitrogens with zero attached hydrogens (tertiary/aromatic N) is 1. The van der Waals surface area contributed by atoms with Crippen molar-refractivity contribution in [1.29, 1.82) is 0 Å². The van der Waals surface area contributed by atoms with E-state index >= 15 is 0 Å². The van der Waals surface area contributed by atoms with Gasteiger partial charge < -0.3 is 14.0 Å². The quantitative estimate of drug-likeness (QED) is 0.569. The standard InChI is InChI=1S/C16H17Cl2N3O5/c1-8-13(16(23)20-19-11(22)7-12(24-2)25-3)15(21-26-8)14-9(17)5-4-6-10(14)18/h4-6,12H,7H2,1-3H3,(H,19,22)(H,20,23). The molecule has 0 aliphatic heterocycles. The minimum absolute atomic E-state index is 0.0981. The lowest BCUT2D eigenvalue weighted by Gasteiger charge is -2.13. The predicted octanol–water partition coefficient (Wildman–Crippen LogP) is 2.73. The number of carbonyl (C=O) groups is 2. The predicted molar refractivity (Wildman–Crippen MR) is 94.7 cm³/mol. The SMILES string of the molecule is COC(CC(=O)NNC(=O)c1c(-c2c(Cl)cccc2Cl)noc1C)OC. The first-order valence-corrected chi connectivity index (χ1v) is 8.20. The highest BCUT2D eigenvalue weighted by molar-refractivity contribution is 6.39. The minimum Gasteiger partial charge on any atom is -0.360 e. The first-order valence-electron chi connectivity index (χ1n) is 7.44. The van der Waals surface area contributed by atoms with E-state index in [1.54, 1.807) is 25.1 Å². The summed E-state index contributed by atoms with van der Waals surface area (Å²) < 4.78 is 14.9. The molecule has 0 spiro atoms. The Kier molecular flexibility index (Phi) is 6.98. The summed E-state index contributed by atoms with van der Waals surface area (Å²) in [6.07, 6.45) is -0.819. The molecule has 1 aromatic carbocycles. The Bertz CT molecular complexity index is 785. The normalized spacial score (nSPS) is 10.8. The van der Waals surface area contributed by atoms with Crippen molar-refractivity contribution in [2.75, 3.05) is 14.2 Å². The molecule has 1 heterocycles. The van der Waals surface area contributed by atoms with Crippen molar-refractivity contribution in [3.05, 3.63) is 39.6 Å². The van der Waals surface area contributed by atoms with Crippen LogP contribution in [-0.2, 0) is 14.3 Å². The molecular weight excluding hydrogens is 385 g/mol. The average molecular weight is 402 g/mol. The van der Waals surface area contributed by atoms with Gasteiger partial charge in [-0.1, -0.05) is 34.4 Å². The van der Waals surface area contributed by atoms with Gasteiger partial charge in [0.2, 0.25) is 5.91 Å². The maximum Gasteiger partial charge on any atom is 0.275 e. The van der Waals surface area contributed by atoms with Crippen LogP contribution in [0.4, 0.5) is 0 Å². The van der Waals surface area contributed by atoms with E-state index in [4.69, 9.17) is 37.2 Å². The highest BCUT2D eigenvalue weighted by Gasteiger charge is 2.25. The molecule has 0 radical (unpaired) electrons. The van der Waals surface area contributed by atoms with Crippen LogP contribution in [0, 0.1) is 6.92 Å². The third-order valence-corrected chi connectivity index (χ3v) is 4.11. The molecule has 0 aliphatic carbocycles. The summed E-state index contributed by atoms with van der Waals surface area (Å²) in [7, 11) is 2.81. The summed E-state index contributed by atoms with van der Waals surface area (Å²) in [5.41, 5.74) is 5.21. The van der Waals surface area contributed by atoms with E-state index in [1.165, 1.54) is 14.2 Å². The zero-order valence-electron chi connectivity index (χ0n) is 14.3. The van der Waals surface area contributed by atoms with E-state index in [-0.39, 0.29) is 23.4 Å². The molecule has 2 N–H and O–H groups in total. The molecule has 140 valence electrons. The highest BCUT2D eigenvalue weighted by Crippen LogP contribution is 2.36. The topological polar surface area (TPSA) is 103 Å². The second-order valence-electron chi connectivity index (χ2n) is 5.17. The van der Waals surface area contributed by atoms with Crippen LogP contribution in [0.25, 0.3) is 11.3 Å². The third-order valence-electron chi connectivity index (χ3n) is 3.48. The van der Waals surface area contributed by atoms with Gasteiger partial charge in [-0.2, -0.15) is 0 Å². The number of rotatable bonds is 6. The number of hydrogen-bond acceptors (Lipinski definition) is 6. The van der Waals surface area contributed by atoms with Crippen LogP contribution in [0.3, 0.4) is 0 Å². The largest absolute Gasteiger partial charge is 0.360 e. The number of carbonyl (C=O) groups excluding carboxylic acids is 2. The van der Waals surface area contributed by atoms with Crippen LogP contribution >= 0.6 is 23.2 Å². The van der Waals surface area contributed by atoms with Crippen LogP contribution in [0.2, 0.25) is 10.0 Å². The molecule has 0 atom stereocenters. The van der Waals surface area contributed by atoms with Crippen molar-refractivity contribution in [3.8, 4) is 11.3 Å². The molecule has 10 heteroatoms. The van der Waals surface area contributed by atoms with E-state index in [1.807, 2.05) is 0 Å². The fourth-order valence-electron chi connectivity index (χ4n) is 2.19. The Labute approximate surface area is 159 Å². The van der Waals surface area contributed by atoms with E-state index in [2.05, 4.69) is 16.0 Å². The summed E-state index contributed by atoms with van der Waals surface area (Å²) >= 11 is 12.3. The smallest absolute Gasteiger partial charge is 0.275 e. The fraction of sp³-hybridized carbons (Fsp3) is 0.312. The number of aromatic nitrogens is 1. The Hall–Kier alpha value is -2.13. The number of hydrogen-bond donors (Lipinski definition) is 2. The molecule has 0 unspecified atom stereocenters. The molecule has 26 heavy (non-hydrogen) atoms. The lowest BCUT2D eigenvalue weighted by Crippen LogP contribution is -2.43. The van der Waals surface area contributed by atoms with Crippen molar-refractivity contribution < 1.29 is 23.6 Å². The van der Waals surface area contributed by atoms with Crippen molar-refractivity contribution in [2.45, 2.75) is 19.6 Å². The second-order valence-corrected chi connectivity index (χ2v) is 5.98. The molecule has 0 saturated heterocycles. The van der Waals surface area contributed by atoms with Crippen LogP contribution in [-0.4, -0.2) is 37.5 Å². The van der Waals surface area contributed by atoms with E-state index in [0.717, 1.165) is 0 Å². The molecule has 0 saturated carbocycles. The van der Waals surface area contributed by atoms with Crippen molar-refractivity contribution in [3.63, 3.8) is 0 Å². The van der Waals surface area contributed by atoms with Gasteiger partial charge in [0.25, 0.3) is 5.91 Å². The first kappa shape index (κ1) is 20.2. The molecule has 2 aromatic rings. The van der Waals surface area contributed by atoms with E-state index in [0.29, 0.717) is 15.6 Å². The zero-order chi connectivity index (χ0) is 19.3. The van der Waals surface area contributed by atoms with Crippen LogP contribution in [0.1, 0.15) is 22.5 Å². The van der Waals surface area contributed by atoms with Gasteiger partial charge in [-0.15, -0.1) is 0 Å². The van der Waals surface area contributed by atoms with Crippen molar-refractivity contribution in [2.24, 2.45) is 0 Å². The van der Waals surface area contributed by atoms with Crippen LogP contribution in [0.15, 0.2) is 22.7 Å². The van der Waals surface area contributed by atoms with Gasteiger partial charge in [0.1, 0.15) is 17.0 Å². The average Bonchev–Trinajstić information content (AvgIpc) is 2.98. The summed E-state index contributed by atoms with van der Waals surface area (Å²) in [5, 5.41) is 4.50. The lowest BCUT2D eigenvalue weighted by atomic mass is 10.1. The monoisotopic (exact) mass is 401 g/mol. The summed E-state index contributed by atoms with van der Waals surface area (Å²) in [5.74, 6) is -0.887. The number of ether oxygens (including phenoxy) is 2. The number of aryl methyl sites for hydroxylation is 1. The summed E-state index contributed by atoms with van der Waals surface area (Å²) in [6, 6.07) is 4.90. The molecule has 0 fully saturated rings. The van der Waals surface area contributed by atoms with Crippen LogP contribution in [0.5, 0.6) is 0 Å². The molecule has 8 nitrogen and oxygen atoms in total. The maximum absolute atomic E-state index is 12.5. The molecule has 2 rings (SSSR count). The number of benzene rings is 1. The second kappa shape index (κ2) is 9.00. The summed E-state index contributed by atoms with van der Waals surface area (Å²) in [4.78, 5) is 24.3. The van der Waals surface area contributed by atoms with Gasteiger partial charge in [-0.3, -0.25) is 20.4 Å². The zero-order valence-corrected chi connectivity index (χ0v) is 15.8. The van der Waals surface area contributed by atoms with Crippen molar-refractivity contribution >= 4 is 35.0 Å². The van der Waals surface area contributed by atoms with Crippen molar-refractivity contribution in [1.82, 2.24) is 16.0 Å². The summed E-state index contributed by atoms with van der Waals surface area (Å²) in [6.45, 7) is 1.56. The minimum atomic E-state index is -0.721. The fourth-order valence-corrected chi connectivity index (χ4v) is 2.76. The number of hydrazine groups is 1. The molecule has 1 aromatic heterocycles. The Balaban J connectivity index is 2.18. The van der Waals surface area contributed by atoms with Gasteiger partial charge >= 0.3 is 0 Å². The van der Waals surface area contributed by atoms with Crippen LogP contribution < -0.4 is 10.9 Å². The number of amides is 2. The van der Waals surface area contributed by atoms with Gasteiger partial charge in [-0.25, -0.2) is 0 Å². The van der Waals surface area contributed by atoms with Gasteiger partial charge in [0.15, 0.2) is 6.29 Å². The Morgan fingerprint density at radius 2 is 1.81 bits per heavy atom. The lowest BCUT2D eigenvalue weighted by molar-refractivity contribution is -0.139.